The van der Waals surface area contributed by atoms with Gasteiger partial charge in [-0.3, -0.25) is 0 Å². The van der Waals surface area contributed by atoms with Crippen molar-refractivity contribution in [2.24, 2.45) is 0 Å². The Morgan fingerprint density at radius 3 is 2.56 bits per heavy atom. The predicted molar refractivity (Wildman–Crippen MR) is 75.7 cm³/mol. The van der Waals surface area contributed by atoms with Gasteiger partial charge in [0, 0.05) is 15.8 Å². The van der Waals surface area contributed by atoms with Gasteiger partial charge in [-0.2, -0.15) is 0 Å². The van der Waals surface area contributed by atoms with Crippen molar-refractivity contribution in [3.8, 4) is 0 Å². The Hall–Kier alpha value is -1.19. The molecule has 18 heavy (non-hydrogen) atoms. The van der Waals surface area contributed by atoms with Gasteiger partial charge in [0.1, 0.15) is 5.82 Å². The number of hydrogen-bond acceptors (Lipinski definition) is 2. The lowest BCUT2D eigenvalue weighted by Gasteiger charge is -2.16. The van der Waals surface area contributed by atoms with E-state index in [0.29, 0.717) is 6.42 Å². The van der Waals surface area contributed by atoms with Crippen LogP contribution in [0, 0.1) is 19.7 Å². The Morgan fingerprint density at radius 1 is 1.28 bits per heavy atom. The highest BCUT2D eigenvalue weighted by molar-refractivity contribution is 7.12. The van der Waals surface area contributed by atoms with Gasteiger partial charge in [0.15, 0.2) is 0 Å². The van der Waals surface area contributed by atoms with E-state index >= 15 is 0 Å². The third-order valence-corrected chi connectivity index (χ3v) is 4.17. The molecule has 0 aliphatic carbocycles. The zero-order valence-electron chi connectivity index (χ0n) is 11.0. The van der Waals surface area contributed by atoms with Gasteiger partial charge in [0.2, 0.25) is 0 Å². The number of thiophene rings is 1. The van der Waals surface area contributed by atoms with Gasteiger partial charge >= 0.3 is 0 Å². The lowest BCUT2D eigenvalue weighted by molar-refractivity contribution is 0.554. The van der Waals surface area contributed by atoms with Gasteiger partial charge in [-0.1, -0.05) is 18.2 Å². The SMILES string of the molecule is CNC(Cc1ccccc1F)c1cc(C)sc1C. The molecule has 1 N–H and O–H groups in total. The molecule has 0 bridgehead atoms. The van der Waals surface area contributed by atoms with E-state index in [4.69, 9.17) is 0 Å². The summed E-state index contributed by atoms with van der Waals surface area (Å²) in [6.45, 7) is 4.23. The minimum Gasteiger partial charge on any atom is -0.313 e. The smallest absolute Gasteiger partial charge is 0.126 e. The largest absolute Gasteiger partial charge is 0.313 e. The molecule has 2 rings (SSSR count). The van der Waals surface area contributed by atoms with Crippen LogP contribution in [0.15, 0.2) is 30.3 Å². The normalized spacial score (nSPS) is 12.7. The second-order valence-corrected chi connectivity index (χ2v) is 5.97. The first-order chi connectivity index (χ1) is 8.61. The molecule has 0 aliphatic rings. The van der Waals surface area contributed by atoms with Crippen molar-refractivity contribution < 1.29 is 4.39 Å². The van der Waals surface area contributed by atoms with Crippen molar-refractivity contribution in [1.82, 2.24) is 5.32 Å². The van der Waals surface area contributed by atoms with Crippen LogP contribution in [0.4, 0.5) is 4.39 Å². The van der Waals surface area contributed by atoms with Crippen LogP contribution in [-0.4, -0.2) is 7.05 Å². The molecule has 0 saturated carbocycles. The quantitative estimate of drug-likeness (QED) is 0.879. The minimum absolute atomic E-state index is 0.123. The molecule has 1 aromatic carbocycles. The lowest BCUT2D eigenvalue weighted by atomic mass is 9.99. The van der Waals surface area contributed by atoms with Crippen molar-refractivity contribution in [2.45, 2.75) is 26.3 Å². The molecular weight excluding hydrogens is 245 g/mol. The molecule has 1 atom stereocenters. The van der Waals surface area contributed by atoms with Crippen LogP contribution in [0.1, 0.15) is 26.9 Å². The fourth-order valence-electron chi connectivity index (χ4n) is 2.25. The average Bonchev–Trinajstić information content (AvgIpc) is 2.67. The number of rotatable bonds is 4. The van der Waals surface area contributed by atoms with Crippen LogP contribution in [0.3, 0.4) is 0 Å². The van der Waals surface area contributed by atoms with Gasteiger partial charge in [-0.15, -0.1) is 11.3 Å². The topological polar surface area (TPSA) is 12.0 Å². The van der Waals surface area contributed by atoms with Crippen molar-refractivity contribution in [2.75, 3.05) is 7.05 Å². The third kappa shape index (κ3) is 2.79. The second kappa shape index (κ2) is 5.63. The van der Waals surface area contributed by atoms with E-state index in [2.05, 4.69) is 25.2 Å². The molecule has 96 valence electrons. The second-order valence-electron chi connectivity index (χ2n) is 4.51. The van der Waals surface area contributed by atoms with Crippen molar-refractivity contribution in [1.29, 1.82) is 0 Å². The van der Waals surface area contributed by atoms with Crippen molar-refractivity contribution in [3.05, 3.63) is 57.0 Å². The van der Waals surface area contributed by atoms with E-state index in [-0.39, 0.29) is 11.9 Å². The van der Waals surface area contributed by atoms with Gasteiger partial charge in [-0.05, 0) is 50.6 Å². The summed E-state index contributed by atoms with van der Waals surface area (Å²) in [6, 6.07) is 9.36. The molecule has 0 saturated heterocycles. The summed E-state index contributed by atoms with van der Waals surface area (Å²) < 4.78 is 13.7. The summed E-state index contributed by atoms with van der Waals surface area (Å²) in [4.78, 5) is 2.61. The molecule has 0 aliphatic heterocycles. The number of nitrogens with one attached hydrogen (secondary N) is 1. The van der Waals surface area contributed by atoms with Crippen LogP contribution in [-0.2, 0) is 6.42 Å². The maximum atomic E-state index is 13.7. The van der Waals surface area contributed by atoms with Gasteiger partial charge in [0.05, 0.1) is 0 Å². The van der Waals surface area contributed by atoms with Crippen LogP contribution in [0.2, 0.25) is 0 Å². The molecule has 1 nitrogen and oxygen atoms in total. The summed E-state index contributed by atoms with van der Waals surface area (Å²) in [5, 5.41) is 3.29. The first-order valence-electron chi connectivity index (χ1n) is 6.09. The number of halogens is 1. The van der Waals surface area contributed by atoms with Crippen LogP contribution >= 0.6 is 11.3 Å². The molecular formula is C15H18FNS. The third-order valence-electron chi connectivity index (χ3n) is 3.19. The standard InChI is InChI=1S/C15H18FNS/c1-10-8-13(11(2)18-10)15(17-3)9-12-6-4-5-7-14(12)16/h4-8,15,17H,9H2,1-3H3. The zero-order chi connectivity index (χ0) is 13.1. The Labute approximate surface area is 112 Å². The number of benzene rings is 1. The van der Waals surface area contributed by atoms with E-state index in [1.54, 1.807) is 17.4 Å². The van der Waals surface area contributed by atoms with E-state index in [1.807, 2.05) is 19.2 Å². The molecule has 1 heterocycles. The fraction of sp³-hybridized carbons (Fsp3) is 0.333. The maximum Gasteiger partial charge on any atom is 0.126 e. The summed E-state index contributed by atoms with van der Waals surface area (Å²) in [6.07, 6.45) is 0.681. The van der Waals surface area contributed by atoms with Crippen LogP contribution < -0.4 is 5.32 Å². The summed E-state index contributed by atoms with van der Waals surface area (Å²) in [7, 11) is 1.93. The first kappa shape index (κ1) is 13.2. The minimum atomic E-state index is -0.123. The fourth-order valence-corrected chi connectivity index (χ4v) is 3.24. The van der Waals surface area contributed by atoms with Crippen LogP contribution in [0.25, 0.3) is 0 Å². The molecule has 1 aromatic heterocycles. The number of likely N-dealkylation sites (N-methyl/N-ethyl adjacent to an activating group) is 1. The molecule has 0 radical (unpaired) electrons. The number of hydrogen-bond donors (Lipinski definition) is 1. The van der Waals surface area contributed by atoms with Crippen LogP contribution in [0.5, 0.6) is 0 Å². The summed E-state index contributed by atoms with van der Waals surface area (Å²) in [5.41, 5.74) is 2.04. The summed E-state index contributed by atoms with van der Waals surface area (Å²) >= 11 is 1.79. The Bertz CT molecular complexity index is 533. The highest BCUT2D eigenvalue weighted by Gasteiger charge is 2.16. The van der Waals surface area contributed by atoms with E-state index < -0.39 is 0 Å². The van der Waals surface area contributed by atoms with E-state index in [1.165, 1.54) is 21.4 Å². The molecule has 1 unspecified atom stereocenters. The predicted octanol–water partition coefficient (Wildman–Crippen LogP) is 4.01. The van der Waals surface area contributed by atoms with Crippen molar-refractivity contribution >= 4 is 11.3 Å². The van der Waals surface area contributed by atoms with Gasteiger partial charge in [0.25, 0.3) is 0 Å². The molecule has 0 amide bonds. The average molecular weight is 263 g/mol. The highest BCUT2D eigenvalue weighted by atomic mass is 32.1. The summed E-state index contributed by atoms with van der Waals surface area (Å²) in [5.74, 6) is -0.123. The van der Waals surface area contributed by atoms with E-state index in [0.717, 1.165) is 5.56 Å². The van der Waals surface area contributed by atoms with Crippen molar-refractivity contribution in [3.63, 3.8) is 0 Å². The Balaban J connectivity index is 2.25. The molecule has 0 spiro atoms. The maximum absolute atomic E-state index is 13.7. The molecule has 3 heteroatoms. The Kier molecular flexibility index (Phi) is 4.15. The van der Waals surface area contributed by atoms with Gasteiger partial charge < -0.3 is 5.32 Å². The monoisotopic (exact) mass is 263 g/mol. The van der Waals surface area contributed by atoms with E-state index in [9.17, 15) is 4.39 Å². The Morgan fingerprint density at radius 2 is 2.00 bits per heavy atom. The zero-order valence-corrected chi connectivity index (χ0v) is 11.8. The molecule has 0 fully saturated rings. The van der Waals surface area contributed by atoms with Gasteiger partial charge in [-0.25, -0.2) is 4.39 Å². The highest BCUT2D eigenvalue weighted by Crippen LogP contribution is 2.28. The lowest BCUT2D eigenvalue weighted by Crippen LogP contribution is -2.19. The number of aryl methyl sites for hydroxylation is 2. The first-order valence-corrected chi connectivity index (χ1v) is 6.91. The molecule has 2 aromatic rings.